The molecule has 216 valence electrons. The van der Waals surface area contributed by atoms with Crippen molar-refractivity contribution in [3.05, 3.63) is 161 Å². The third kappa shape index (κ3) is 7.80. The minimum Gasteiger partial charge on any atom is -0.489 e. The van der Waals surface area contributed by atoms with Crippen LogP contribution in [-0.2, 0) is 24.6 Å². The molecule has 0 radical (unpaired) electrons. The predicted octanol–water partition coefficient (Wildman–Crippen LogP) is 6.36. The average Bonchev–Trinajstić information content (AvgIpc) is 3.04. The lowest BCUT2D eigenvalue weighted by Gasteiger charge is -2.33. The lowest BCUT2D eigenvalue weighted by molar-refractivity contribution is -0.119. The monoisotopic (exact) mass is 570 g/mol. The number of nitrogens with one attached hydrogen (secondary N) is 1. The summed E-state index contributed by atoms with van der Waals surface area (Å²) < 4.78 is 12.4. The standard InChI is InChI=1S/C36H34N4O3/c37-35(38)29-16-18-31(19-17-29)40(23-26-10-4-1-5-11-26)34(36(39)41)30-20-32(42-24-27-12-6-2-7-13-27)22-33(21-30)43-25-28-14-8-3-9-15-28/h1-22,34H,23-25H2,(H3,37,38)(H2,39,41). The van der Waals surface area contributed by atoms with E-state index in [-0.39, 0.29) is 5.84 Å². The van der Waals surface area contributed by atoms with Crippen LogP contribution in [0.1, 0.15) is 33.9 Å². The zero-order valence-electron chi connectivity index (χ0n) is 23.7. The summed E-state index contributed by atoms with van der Waals surface area (Å²) >= 11 is 0. The van der Waals surface area contributed by atoms with Crippen molar-refractivity contribution in [2.45, 2.75) is 25.8 Å². The van der Waals surface area contributed by atoms with Gasteiger partial charge in [-0.25, -0.2) is 0 Å². The Bertz CT molecular complexity index is 1580. The Kier molecular flexibility index (Phi) is 9.34. The number of nitrogens with zero attached hydrogens (tertiary/aromatic N) is 1. The molecule has 7 heteroatoms. The Morgan fingerprint density at radius 1 is 0.651 bits per heavy atom. The average molecular weight is 571 g/mol. The molecule has 0 aliphatic rings. The van der Waals surface area contributed by atoms with Gasteiger partial charge in [-0.1, -0.05) is 91.0 Å². The number of nitrogens with two attached hydrogens (primary N) is 2. The van der Waals surface area contributed by atoms with Gasteiger partial charge < -0.3 is 25.8 Å². The second-order valence-corrected chi connectivity index (χ2v) is 10.2. The SMILES string of the molecule is N=C(N)c1ccc(N(Cc2ccccc2)C(C(N)=O)c2cc(OCc3ccccc3)cc(OCc3ccccc3)c2)cc1. The first-order valence-electron chi connectivity index (χ1n) is 14.0. The van der Waals surface area contributed by atoms with Crippen LogP contribution >= 0.6 is 0 Å². The minimum atomic E-state index is -0.859. The first-order valence-corrected chi connectivity index (χ1v) is 14.0. The van der Waals surface area contributed by atoms with Crippen molar-refractivity contribution < 1.29 is 14.3 Å². The third-order valence-electron chi connectivity index (χ3n) is 7.00. The summed E-state index contributed by atoms with van der Waals surface area (Å²) in [5.41, 5.74) is 16.9. The van der Waals surface area contributed by atoms with Gasteiger partial charge in [-0.3, -0.25) is 10.2 Å². The van der Waals surface area contributed by atoms with Gasteiger partial charge in [-0.15, -0.1) is 0 Å². The van der Waals surface area contributed by atoms with E-state index in [4.69, 9.17) is 26.4 Å². The first-order chi connectivity index (χ1) is 21.0. The van der Waals surface area contributed by atoms with Crippen LogP contribution in [0.3, 0.4) is 0 Å². The summed E-state index contributed by atoms with van der Waals surface area (Å²) in [4.78, 5) is 15.2. The highest BCUT2D eigenvalue weighted by atomic mass is 16.5. The van der Waals surface area contributed by atoms with Crippen molar-refractivity contribution in [2.75, 3.05) is 4.90 Å². The number of hydrogen-bond donors (Lipinski definition) is 3. The number of rotatable bonds is 13. The van der Waals surface area contributed by atoms with Gasteiger partial charge in [0, 0.05) is 23.9 Å². The molecule has 1 atom stereocenters. The van der Waals surface area contributed by atoms with Crippen LogP contribution in [0.15, 0.2) is 133 Å². The normalized spacial score (nSPS) is 11.3. The number of hydrogen-bond acceptors (Lipinski definition) is 5. The van der Waals surface area contributed by atoms with E-state index in [2.05, 4.69) is 0 Å². The fraction of sp³-hybridized carbons (Fsp3) is 0.111. The van der Waals surface area contributed by atoms with E-state index in [1.54, 1.807) is 12.1 Å². The van der Waals surface area contributed by atoms with Crippen molar-refractivity contribution in [1.82, 2.24) is 0 Å². The number of amides is 1. The molecule has 0 fully saturated rings. The van der Waals surface area contributed by atoms with Gasteiger partial charge in [0.2, 0.25) is 5.91 Å². The molecule has 0 spiro atoms. The number of amidine groups is 1. The van der Waals surface area contributed by atoms with Crippen LogP contribution in [0.4, 0.5) is 5.69 Å². The summed E-state index contributed by atoms with van der Waals surface area (Å²) in [7, 11) is 0. The maximum absolute atomic E-state index is 13.3. The number of benzene rings is 5. The highest BCUT2D eigenvalue weighted by molar-refractivity contribution is 5.95. The zero-order chi connectivity index (χ0) is 30.0. The fourth-order valence-electron chi connectivity index (χ4n) is 4.84. The van der Waals surface area contributed by atoms with Gasteiger partial charge in [0.15, 0.2) is 0 Å². The van der Waals surface area contributed by atoms with E-state index in [9.17, 15) is 4.79 Å². The molecule has 43 heavy (non-hydrogen) atoms. The van der Waals surface area contributed by atoms with E-state index in [0.29, 0.717) is 42.4 Å². The molecular weight excluding hydrogens is 536 g/mol. The smallest absolute Gasteiger partial charge is 0.244 e. The molecule has 0 bridgehead atoms. The molecule has 5 aromatic rings. The zero-order valence-corrected chi connectivity index (χ0v) is 23.7. The molecule has 0 aliphatic carbocycles. The van der Waals surface area contributed by atoms with Crippen molar-refractivity contribution in [3.8, 4) is 11.5 Å². The largest absolute Gasteiger partial charge is 0.489 e. The summed E-state index contributed by atoms with van der Waals surface area (Å²) in [5, 5.41) is 7.79. The first kappa shape index (κ1) is 29.0. The molecule has 0 aliphatic heterocycles. The molecule has 1 amide bonds. The number of primary amides is 1. The molecule has 5 aromatic carbocycles. The van der Waals surface area contributed by atoms with E-state index in [1.165, 1.54) is 0 Å². The third-order valence-corrected chi connectivity index (χ3v) is 7.00. The van der Waals surface area contributed by atoms with E-state index in [1.807, 2.05) is 126 Å². The molecule has 0 saturated carbocycles. The molecule has 0 heterocycles. The van der Waals surface area contributed by atoms with Gasteiger partial charge in [-0.05, 0) is 58.7 Å². The Morgan fingerprint density at radius 2 is 1.12 bits per heavy atom. The van der Waals surface area contributed by atoms with Crippen LogP contribution in [0.5, 0.6) is 11.5 Å². The Balaban J connectivity index is 1.54. The van der Waals surface area contributed by atoms with Gasteiger partial charge >= 0.3 is 0 Å². The van der Waals surface area contributed by atoms with Gasteiger partial charge in [-0.2, -0.15) is 0 Å². The predicted molar refractivity (Wildman–Crippen MR) is 170 cm³/mol. The van der Waals surface area contributed by atoms with Crippen LogP contribution in [0.25, 0.3) is 0 Å². The number of anilines is 1. The molecule has 0 aromatic heterocycles. The minimum absolute atomic E-state index is 0.0314. The molecule has 1 unspecified atom stereocenters. The van der Waals surface area contributed by atoms with Crippen molar-refractivity contribution in [2.24, 2.45) is 11.5 Å². The quantitative estimate of drug-likeness (QED) is 0.113. The maximum atomic E-state index is 13.3. The van der Waals surface area contributed by atoms with Gasteiger partial charge in [0.25, 0.3) is 0 Å². The summed E-state index contributed by atoms with van der Waals surface area (Å²) in [5.74, 6) is 0.557. The van der Waals surface area contributed by atoms with Crippen LogP contribution < -0.4 is 25.8 Å². The maximum Gasteiger partial charge on any atom is 0.244 e. The van der Waals surface area contributed by atoms with E-state index < -0.39 is 11.9 Å². The van der Waals surface area contributed by atoms with Gasteiger partial charge in [0.05, 0.1) is 0 Å². The number of carbonyl (C=O) groups excluding carboxylic acids is 1. The molecule has 5 rings (SSSR count). The fourth-order valence-corrected chi connectivity index (χ4v) is 4.84. The Morgan fingerprint density at radius 3 is 1.56 bits per heavy atom. The lowest BCUT2D eigenvalue weighted by Crippen LogP contribution is -2.37. The highest BCUT2D eigenvalue weighted by Crippen LogP contribution is 2.34. The summed E-state index contributed by atoms with van der Waals surface area (Å²) in [6.07, 6.45) is 0. The second-order valence-electron chi connectivity index (χ2n) is 10.2. The number of ether oxygens (including phenoxy) is 2. The number of carbonyl (C=O) groups is 1. The Labute approximate surface area is 251 Å². The topological polar surface area (TPSA) is 115 Å². The lowest BCUT2D eigenvalue weighted by atomic mass is 10.0. The highest BCUT2D eigenvalue weighted by Gasteiger charge is 2.28. The summed E-state index contributed by atoms with van der Waals surface area (Å²) in [6, 6.07) is 41.5. The van der Waals surface area contributed by atoms with Crippen molar-refractivity contribution >= 4 is 17.4 Å². The summed E-state index contributed by atoms with van der Waals surface area (Å²) in [6.45, 7) is 1.11. The molecule has 5 N–H and O–H groups in total. The molecular formula is C36H34N4O3. The van der Waals surface area contributed by atoms with Crippen LogP contribution in [-0.4, -0.2) is 11.7 Å². The van der Waals surface area contributed by atoms with Crippen LogP contribution in [0.2, 0.25) is 0 Å². The second kappa shape index (κ2) is 13.9. The van der Waals surface area contributed by atoms with Gasteiger partial charge in [0.1, 0.15) is 36.6 Å². The van der Waals surface area contributed by atoms with Crippen LogP contribution in [0, 0.1) is 5.41 Å². The number of nitrogen functional groups attached to an aromatic ring is 1. The van der Waals surface area contributed by atoms with Crippen molar-refractivity contribution in [1.29, 1.82) is 5.41 Å². The van der Waals surface area contributed by atoms with E-state index >= 15 is 0 Å². The Hall–Kier alpha value is -5.56. The molecule has 7 nitrogen and oxygen atoms in total. The molecule has 0 saturated heterocycles. The van der Waals surface area contributed by atoms with Crippen molar-refractivity contribution in [3.63, 3.8) is 0 Å². The van der Waals surface area contributed by atoms with E-state index in [0.717, 1.165) is 22.4 Å².